The summed E-state index contributed by atoms with van der Waals surface area (Å²) in [7, 11) is 3.38. The minimum Gasteiger partial charge on any atom is -0.353 e. The summed E-state index contributed by atoms with van der Waals surface area (Å²) in [4.78, 5) is 0. The van der Waals surface area contributed by atoms with Gasteiger partial charge in [0.2, 0.25) is 0 Å². The third-order valence-electron chi connectivity index (χ3n) is 6.02. The zero-order valence-electron chi connectivity index (χ0n) is 18.7. The molecule has 0 aliphatic heterocycles. The molecule has 0 radical (unpaired) electrons. The van der Waals surface area contributed by atoms with E-state index < -0.39 is 23.2 Å². The highest BCUT2D eigenvalue weighted by Crippen LogP contribution is 2.32. The predicted octanol–water partition coefficient (Wildman–Crippen LogP) is 7.58. The Morgan fingerprint density at radius 3 is 1.79 bits per heavy atom. The lowest BCUT2D eigenvalue weighted by Crippen LogP contribution is -2.39. The van der Waals surface area contributed by atoms with Crippen LogP contribution in [0.4, 0.5) is 13.2 Å². The first-order chi connectivity index (χ1) is 13.9. The number of methoxy groups -OCH3 is 2. The highest BCUT2D eigenvalue weighted by Gasteiger charge is 2.33. The molecule has 0 aliphatic rings. The van der Waals surface area contributed by atoms with Crippen molar-refractivity contribution in [3.63, 3.8) is 0 Å². The van der Waals surface area contributed by atoms with Gasteiger partial charge in [-0.25, -0.2) is 13.2 Å². The van der Waals surface area contributed by atoms with Gasteiger partial charge in [0.05, 0.1) is 0 Å². The van der Waals surface area contributed by atoms with Gasteiger partial charge < -0.3 is 9.47 Å². The molecule has 0 bridgehead atoms. The molecule has 5 heteroatoms. The van der Waals surface area contributed by atoms with Crippen LogP contribution >= 0.6 is 0 Å². The summed E-state index contributed by atoms with van der Waals surface area (Å²) in [5, 5.41) is 0. The van der Waals surface area contributed by atoms with Crippen LogP contribution in [0.2, 0.25) is 0 Å². The minimum atomic E-state index is -1.40. The Labute approximate surface area is 175 Å². The fourth-order valence-electron chi connectivity index (χ4n) is 3.91. The molecule has 0 heterocycles. The van der Waals surface area contributed by atoms with Gasteiger partial charge in [-0.05, 0) is 50.3 Å². The molecule has 0 aliphatic carbocycles. The quantitative estimate of drug-likeness (QED) is 0.157. The minimum absolute atomic E-state index is 0.310. The number of rotatable bonds is 16. The smallest absolute Gasteiger partial charge is 0.194 e. The molecule has 0 amide bonds. The van der Waals surface area contributed by atoms with Gasteiger partial charge in [0, 0.05) is 20.1 Å². The largest absolute Gasteiger partial charge is 0.353 e. The Morgan fingerprint density at radius 1 is 0.793 bits per heavy atom. The van der Waals surface area contributed by atoms with Gasteiger partial charge in [0.25, 0.3) is 0 Å². The van der Waals surface area contributed by atoms with E-state index in [2.05, 4.69) is 6.92 Å². The van der Waals surface area contributed by atoms with Crippen LogP contribution in [-0.4, -0.2) is 20.0 Å². The second kappa shape index (κ2) is 14.0. The second-order valence-corrected chi connectivity index (χ2v) is 8.15. The maximum Gasteiger partial charge on any atom is 0.194 e. The number of unbranched alkanes of at least 4 members (excludes halogenated alkanes) is 7. The molecule has 0 saturated heterocycles. The topological polar surface area (TPSA) is 18.5 Å². The average Bonchev–Trinajstić information content (AvgIpc) is 2.72. The highest BCUT2D eigenvalue weighted by molar-refractivity contribution is 5.19. The van der Waals surface area contributed by atoms with Crippen LogP contribution in [0.5, 0.6) is 0 Å². The van der Waals surface area contributed by atoms with Crippen LogP contribution in [0, 0.1) is 23.4 Å². The first-order valence-electron chi connectivity index (χ1n) is 11.1. The lowest BCUT2D eigenvalue weighted by atomic mass is 9.87. The summed E-state index contributed by atoms with van der Waals surface area (Å²) in [5.41, 5.74) is 0.503. The number of ether oxygens (including phenoxy) is 2. The number of hydrogen-bond donors (Lipinski definition) is 0. The van der Waals surface area contributed by atoms with Crippen molar-refractivity contribution in [3.05, 3.63) is 35.1 Å². The van der Waals surface area contributed by atoms with E-state index in [9.17, 15) is 13.2 Å². The lowest BCUT2D eigenvalue weighted by Gasteiger charge is -2.35. The van der Waals surface area contributed by atoms with E-state index in [1.807, 2.05) is 6.92 Å². The van der Waals surface area contributed by atoms with Gasteiger partial charge in [-0.15, -0.1) is 0 Å². The van der Waals surface area contributed by atoms with E-state index in [0.29, 0.717) is 17.9 Å². The van der Waals surface area contributed by atoms with Crippen LogP contribution < -0.4 is 0 Å². The molecule has 2 nitrogen and oxygen atoms in total. The zero-order valence-corrected chi connectivity index (χ0v) is 18.7. The molecule has 1 aromatic rings. The Morgan fingerprint density at radius 2 is 1.28 bits per heavy atom. The molecular weight excluding hydrogens is 377 g/mol. The maximum atomic E-state index is 13.3. The first-order valence-corrected chi connectivity index (χ1v) is 11.1. The van der Waals surface area contributed by atoms with Gasteiger partial charge in [0.15, 0.2) is 23.2 Å². The van der Waals surface area contributed by atoms with Crippen LogP contribution in [0.25, 0.3) is 0 Å². The molecule has 1 aromatic carbocycles. The van der Waals surface area contributed by atoms with E-state index >= 15 is 0 Å². The van der Waals surface area contributed by atoms with E-state index in [0.717, 1.165) is 44.2 Å². The summed E-state index contributed by atoms with van der Waals surface area (Å²) in [5.74, 6) is -3.91. The monoisotopic (exact) mass is 416 g/mol. The molecule has 1 unspecified atom stereocenters. The van der Waals surface area contributed by atoms with Crippen molar-refractivity contribution in [3.8, 4) is 0 Å². The lowest BCUT2D eigenvalue weighted by molar-refractivity contribution is -0.230. The molecule has 0 saturated carbocycles. The van der Waals surface area contributed by atoms with Crippen LogP contribution in [-0.2, 0) is 15.9 Å². The van der Waals surface area contributed by atoms with E-state index in [1.54, 1.807) is 14.2 Å². The van der Waals surface area contributed by atoms with Crippen molar-refractivity contribution in [2.75, 3.05) is 14.2 Å². The average molecular weight is 417 g/mol. The molecule has 29 heavy (non-hydrogen) atoms. The Bertz CT molecular complexity index is 550. The van der Waals surface area contributed by atoms with Gasteiger partial charge in [-0.2, -0.15) is 0 Å². The van der Waals surface area contributed by atoms with Crippen LogP contribution in [0.1, 0.15) is 90.0 Å². The Hall–Kier alpha value is -1.07. The van der Waals surface area contributed by atoms with Crippen molar-refractivity contribution >= 4 is 0 Å². The Kier molecular flexibility index (Phi) is 12.6. The second-order valence-electron chi connectivity index (χ2n) is 8.15. The zero-order chi connectivity index (χ0) is 21.7. The molecule has 168 valence electrons. The third-order valence-corrected chi connectivity index (χ3v) is 6.02. The van der Waals surface area contributed by atoms with E-state index in [-0.39, 0.29) is 0 Å². The van der Waals surface area contributed by atoms with Gasteiger partial charge in [-0.3, -0.25) is 0 Å². The van der Waals surface area contributed by atoms with Gasteiger partial charge >= 0.3 is 0 Å². The number of aryl methyl sites for hydroxylation is 1. The van der Waals surface area contributed by atoms with Gasteiger partial charge in [-0.1, -0.05) is 58.3 Å². The molecule has 0 aromatic heterocycles. The fraction of sp³-hybridized carbons (Fsp3) is 0.750. The predicted molar refractivity (Wildman–Crippen MR) is 112 cm³/mol. The van der Waals surface area contributed by atoms with E-state index in [1.165, 1.54) is 38.5 Å². The molecule has 1 atom stereocenters. The standard InChI is InChI=1S/C24H39F3O2/c1-5-6-7-8-9-12-15-20(24(2,28-3)29-4)16-13-10-11-14-19-17-21(25)23(27)22(26)18-19/h17-18,20H,5-16H2,1-4H3. The first kappa shape index (κ1) is 26.0. The summed E-state index contributed by atoms with van der Waals surface area (Å²) >= 11 is 0. The van der Waals surface area contributed by atoms with Crippen molar-refractivity contribution < 1.29 is 22.6 Å². The molecule has 1 rings (SSSR count). The highest BCUT2D eigenvalue weighted by atomic mass is 19.2. The maximum absolute atomic E-state index is 13.3. The fourth-order valence-corrected chi connectivity index (χ4v) is 3.91. The third kappa shape index (κ3) is 9.08. The Balaban J connectivity index is 2.42. The molecule has 0 spiro atoms. The molecule has 0 fully saturated rings. The van der Waals surface area contributed by atoms with Gasteiger partial charge in [0.1, 0.15) is 0 Å². The SMILES string of the molecule is CCCCCCCCC(CCCCCc1cc(F)c(F)c(F)c1)C(C)(OC)OC. The van der Waals surface area contributed by atoms with Crippen molar-refractivity contribution in [1.82, 2.24) is 0 Å². The molecule has 0 N–H and O–H groups in total. The summed E-state index contributed by atoms with van der Waals surface area (Å²) in [6.07, 6.45) is 12.9. The van der Waals surface area contributed by atoms with Crippen LogP contribution in [0.3, 0.4) is 0 Å². The van der Waals surface area contributed by atoms with Crippen molar-refractivity contribution in [1.29, 1.82) is 0 Å². The van der Waals surface area contributed by atoms with Crippen LogP contribution in [0.15, 0.2) is 12.1 Å². The number of hydrogen-bond acceptors (Lipinski definition) is 2. The molecular formula is C24H39F3O2. The normalized spacial score (nSPS) is 13.1. The summed E-state index contributed by atoms with van der Waals surface area (Å²) in [6, 6.07) is 2.18. The number of benzene rings is 1. The number of halogens is 3. The summed E-state index contributed by atoms with van der Waals surface area (Å²) in [6.45, 7) is 4.22. The van der Waals surface area contributed by atoms with E-state index in [4.69, 9.17) is 9.47 Å². The van der Waals surface area contributed by atoms with Crippen molar-refractivity contribution in [2.45, 2.75) is 96.7 Å². The van der Waals surface area contributed by atoms with Crippen molar-refractivity contribution in [2.24, 2.45) is 5.92 Å². The summed E-state index contributed by atoms with van der Waals surface area (Å²) < 4.78 is 51.0.